The second-order valence-electron chi connectivity index (χ2n) is 5.74. The number of para-hydroxylation sites is 2. The first-order valence-electron chi connectivity index (χ1n) is 7.38. The Balaban J connectivity index is 1.99. The maximum Gasteiger partial charge on any atom is 0.109 e. The predicted octanol–water partition coefficient (Wildman–Crippen LogP) is 3.29. The van der Waals surface area contributed by atoms with Gasteiger partial charge in [-0.25, -0.2) is 4.98 Å². The van der Waals surface area contributed by atoms with Crippen LogP contribution in [0.25, 0.3) is 11.0 Å². The van der Waals surface area contributed by atoms with Crippen LogP contribution in [0, 0.1) is 0 Å². The van der Waals surface area contributed by atoms with Crippen LogP contribution < -0.4 is 0 Å². The van der Waals surface area contributed by atoms with E-state index >= 15 is 0 Å². The number of benzene rings is 1. The van der Waals surface area contributed by atoms with Crippen LogP contribution in [0.5, 0.6) is 0 Å². The Hall–Kier alpha value is -1.35. The van der Waals surface area contributed by atoms with E-state index in [2.05, 4.69) is 28.6 Å². The van der Waals surface area contributed by atoms with E-state index in [1.165, 1.54) is 6.42 Å². The maximum atomic E-state index is 10.8. The standard InChI is InChI=1S/C16H22N2O/c1-2-15-17-13-8-4-5-9-14(13)18(15)12-16(19)10-6-3-7-11-16/h4-5,8-9,19H,2-3,6-7,10-12H2,1H3. The molecule has 0 spiro atoms. The normalized spacial score (nSPS) is 18.8. The monoisotopic (exact) mass is 258 g/mol. The number of hydrogen-bond acceptors (Lipinski definition) is 2. The summed E-state index contributed by atoms with van der Waals surface area (Å²) in [6.07, 6.45) is 6.29. The quantitative estimate of drug-likeness (QED) is 0.917. The minimum atomic E-state index is -0.536. The van der Waals surface area contributed by atoms with Crippen molar-refractivity contribution in [2.24, 2.45) is 0 Å². The summed E-state index contributed by atoms with van der Waals surface area (Å²) in [4.78, 5) is 4.68. The Bertz CT molecular complexity index is 567. The molecule has 3 nitrogen and oxygen atoms in total. The summed E-state index contributed by atoms with van der Waals surface area (Å²) in [5.41, 5.74) is 1.66. The average Bonchev–Trinajstić information content (AvgIpc) is 2.77. The van der Waals surface area contributed by atoms with Gasteiger partial charge in [-0.3, -0.25) is 0 Å². The molecule has 1 heterocycles. The second kappa shape index (κ2) is 4.97. The van der Waals surface area contributed by atoms with Gasteiger partial charge in [0, 0.05) is 6.42 Å². The van der Waals surface area contributed by atoms with Gasteiger partial charge in [0.05, 0.1) is 23.2 Å². The van der Waals surface area contributed by atoms with Crippen molar-refractivity contribution in [2.75, 3.05) is 0 Å². The van der Waals surface area contributed by atoms with Crippen LogP contribution in [0.1, 0.15) is 44.9 Å². The fraction of sp³-hybridized carbons (Fsp3) is 0.562. The van der Waals surface area contributed by atoms with Crippen molar-refractivity contribution in [1.82, 2.24) is 9.55 Å². The molecule has 19 heavy (non-hydrogen) atoms. The highest BCUT2D eigenvalue weighted by Gasteiger charge is 2.30. The maximum absolute atomic E-state index is 10.8. The Morgan fingerprint density at radius 1 is 1.21 bits per heavy atom. The third kappa shape index (κ3) is 2.39. The molecule has 0 saturated heterocycles. The molecule has 1 aliphatic rings. The number of aromatic nitrogens is 2. The van der Waals surface area contributed by atoms with E-state index in [0.717, 1.165) is 49.0 Å². The molecule has 3 rings (SSSR count). The Kier molecular flexibility index (Phi) is 3.31. The lowest BCUT2D eigenvalue weighted by atomic mass is 9.85. The van der Waals surface area contributed by atoms with Gasteiger partial charge < -0.3 is 9.67 Å². The van der Waals surface area contributed by atoms with Crippen LogP contribution in [0.4, 0.5) is 0 Å². The number of imidazole rings is 1. The highest BCUT2D eigenvalue weighted by atomic mass is 16.3. The largest absolute Gasteiger partial charge is 0.388 e. The van der Waals surface area contributed by atoms with Crippen LogP contribution in [-0.4, -0.2) is 20.3 Å². The lowest BCUT2D eigenvalue weighted by molar-refractivity contribution is -0.0111. The van der Waals surface area contributed by atoms with Crippen molar-refractivity contribution in [2.45, 2.75) is 57.6 Å². The van der Waals surface area contributed by atoms with Gasteiger partial charge in [-0.1, -0.05) is 38.3 Å². The SMILES string of the molecule is CCc1nc2ccccc2n1CC1(O)CCCCC1. The van der Waals surface area contributed by atoms with Gasteiger partial charge in [-0.2, -0.15) is 0 Å². The first-order valence-corrected chi connectivity index (χ1v) is 7.38. The van der Waals surface area contributed by atoms with Crippen molar-refractivity contribution in [1.29, 1.82) is 0 Å². The topological polar surface area (TPSA) is 38.0 Å². The van der Waals surface area contributed by atoms with Crippen LogP contribution in [-0.2, 0) is 13.0 Å². The second-order valence-corrected chi connectivity index (χ2v) is 5.74. The number of aryl methyl sites for hydroxylation is 1. The average molecular weight is 258 g/mol. The molecule has 1 N–H and O–H groups in total. The molecule has 0 aliphatic heterocycles. The van der Waals surface area contributed by atoms with Gasteiger partial charge in [0.2, 0.25) is 0 Å². The zero-order valence-electron chi connectivity index (χ0n) is 11.6. The molecular formula is C16H22N2O. The van der Waals surface area contributed by atoms with Gasteiger partial charge in [-0.15, -0.1) is 0 Å². The third-order valence-electron chi connectivity index (χ3n) is 4.29. The van der Waals surface area contributed by atoms with Gasteiger partial charge in [0.25, 0.3) is 0 Å². The lowest BCUT2D eigenvalue weighted by Crippen LogP contribution is -2.36. The van der Waals surface area contributed by atoms with Crippen LogP contribution in [0.3, 0.4) is 0 Å². The summed E-state index contributed by atoms with van der Waals surface area (Å²) in [6.45, 7) is 2.82. The van der Waals surface area contributed by atoms with Crippen molar-refractivity contribution in [3.63, 3.8) is 0 Å². The van der Waals surface area contributed by atoms with Gasteiger partial charge in [-0.05, 0) is 25.0 Å². The molecule has 0 unspecified atom stereocenters. The predicted molar refractivity (Wildman–Crippen MR) is 77.1 cm³/mol. The summed E-state index contributed by atoms with van der Waals surface area (Å²) in [7, 11) is 0. The highest BCUT2D eigenvalue weighted by molar-refractivity contribution is 5.75. The van der Waals surface area contributed by atoms with Crippen LogP contribution >= 0.6 is 0 Å². The molecule has 2 aromatic rings. The Morgan fingerprint density at radius 3 is 2.68 bits per heavy atom. The number of rotatable bonds is 3. The lowest BCUT2D eigenvalue weighted by Gasteiger charge is -2.33. The van der Waals surface area contributed by atoms with Crippen LogP contribution in [0.2, 0.25) is 0 Å². The first-order chi connectivity index (χ1) is 9.22. The molecule has 0 atom stereocenters. The molecule has 3 heteroatoms. The molecule has 102 valence electrons. The van der Waals surface area contributed by atoms with E-state index in [4.69, 9.17) is 0 Å². The number of nitrogens with zero attached hydrogens (tertiary/aromatic N) is 2. The smallest absolute Gasteiger partial charge is 0.109 e. The molecule has 0 amide bonds. The zero-order chi connectivity index (χ0) is 13.3. The molecule has 0 radical (unpaired) electrons. The van der Waals surface area contributed by atoms with Crippen molar-refractivity contribution >= 4 is 11.0 Å². The van der Waals surface area contributed by atoms with E-state index < -0.39 is 5.60 Å². The Morgan fingerprint density at radius 2 is 1.95 bits per heavy atom. The van der Waals surface area contributed by atoms with E-state index in [-0.39, 0.29) is 0 Å². The molecule has 1 aromatic heterocycles. The van der Waals surface area contributed by atoms with Crippen molar-refractivity contribution in [3.8, 4) is 0 Å². The number of fused-ring (bicyclic) bond motifs is 1. The summed E-state index contributed by atoms with van der Waals surface area (Å²) >= 11 is 0. The molecule has 0 bridgehead atoms. The van der Waals surface area contributed by atoms with Crippen molar-refractivity contribution in [3.05, 3.63) is 30.1 Å². The van der Waals surface area contributed by atoms with Gasteiger partial charge >= 0.3 is 0 Å². The molecule has 1 fully saturated rings. The van der Waals surface area contributed by atoms with Crippen LogP contribution in [0.15, 0.2) is 24.3 Å². The van der Waals surface area contributed by atoms with E-state index in [9.17, 15) is 5.11 Å². The minimum Gasteiger partial charge on any atom is -0.388 e. The van der Waals surface area contributed by atoms with Gasteiger partial charge in [0.1, 0.15) is 5.82 Å². The summed E-state index contributed by atoms with van der Waals surface area (Å²) in [5, 5.41) is 10.8. The van der Waals surface area contributed by atoms with E-state index in [1.54, 1.807) is 0 Å². The third-order valence-corrected chi connectivity index (χ3v) is 4.29. The Labute approximate surface area is 114 Å². The highest BCUT2D eigenvalue weighted by Crippen LogP contribution is 2.31. The summed E-state index contributed by atoms with van der Waals surface area (Å²) < 4.78 is 2.22. The first kappa shape index (κ1) is 12.7. The molecule has 1 saturated carbocycles. The summed E-state index contributed by atoms with van der Waals surface area (Å²) in [5.74, 6) is 1.08. The van der Waals surface area contributed by atoms with E-state index in [1.807, 2.05) is 12.1 Å². The number of hydrogen-bond donors (Lipinski definition) is 1. The molecule has 1 aliphatic carbocycles. The van der Waals surface area contributed by atoms with Crippen molar-refractivity contribution < 1.29 is 5.11 Å². The number of aliphatic hydroxyl groups is 1. The minimum absolute atomic E-state index is 0.536. The molecular weight excluding hydrogens is 236 g/mol. The molecule has 1 aromatic carbocycles. The fourth-order valence-corrected chi connectivity index (χ4v) is 3.23. The van der Waals surface area contributed by atoms with Gasteiger partial charge in [0.15, 0.2) is 0 Å². The fourth-order valence-electron chi connectivity index (χ4n) is 3.23. The zero-order valence-corrected chi connectivity index (χ0v) is 11.6. The summed E-state index contributed by atoms with van der Waals surface area (Å²) in [6, 6.07) is 8.23. The van der Waals surface area contributed by atoms with E-state index in [0.29, 0.717) is 6.54 Å².